The minimum atomic E-state index is -0.124. The van der Waals surface area contributed by atoms with Crippen molar-refractivity contribution in [1.82, 2.24) is 0 Å². The van der Waals surface area contributed by atoms with E-state index < -0.39 is 0 Å². The molecule has 0 aliphatic carbocycles. The fraction of sp³-hybridized carbons (Fsp3) is 0.0870. The van der Waals surface area contributed by atoms with E-state index in [-0.39, 0.29) is 5.78 Å². The maximum absolute atomic E-state index is 12.5. The number of nitrogens with one attached hydrogen (secondary N) is 1. The van der Waals surface area contributed by atoms with Gasteiger partial charge in [0.1, 0.15) is 12.4 Å². The molecule has 0 saturated heterocycles. The zero-order chi connectivity index (χ0) is 19.1. The van der Waals surface area contributed by atoms with Gasteiger partial charge in [-0.1, -0.05) is 53.6 Å². The van der Waals surface area contributed by atoms with Crippen LogP contribution in [0.3, 0.4) is 0 Å². The topological polar surface area (TPSA) is 38.3 Å². The molecular formula is C23H20ClNO2. The van der Waals surface area contributed by atoms with E-state index in [2.05, 4.69) is 5.32 Å². The Bertz CT molecular complexity index is 931. The highest BCUT2D eigenvalue weighted by Gasteiger charge is 2.09. The van der Waals surface area contributed by atoms with Crippen LogP contribution in [0, 0.1) is 6.92 Å². The van der Waals surface area contributed by atoms with Gasteiger partial charge in [0, 0.05) is 23.0 Å². The lowest BCUT2D eigenvalue weighted by Gasteiger charge is -2.10. The van der Waals surface area contributed by atoms with Gasteiger partial charge in [0.2, 0.25) is 0 Å². The van der Waals surface area contributed by atoms with Gasteiger partial charge in [-0.3, -0.25) is 4.79 Å². The average Bonchev–Trinajstić information content (AvgIpc) is 2.69. The summed E-state index contributed by atoms with van der Waals surface area (Å²) in [5, 5.41) is 3.78. The number of ether oxygens (including phenoxy) is 1. The molecule has 0 fully saturated rings. The third-order valence-electron chi connectivity index (χ3n) is 4.00. The van der Waals surface area contributed by atoms with Gasteiger partial charge < -0.3 is 10.1 Å². The van der Waals surface area contributed by atoms with E-state index in [0.29, 0.717) is 22.9 Å². The zero-order valence-corrected chi connectivity index (χ0v) is 15.7. The fourth-order valence-electron chi connectivity index (χ4n) is 2.49. The molecule has 3 aromatic rings. The Morgan fingerprint density at radius 3 is 2.44 bits per heavy atom. The third-order valence-corrected chi connectivity index (χ3v) is 4.25. The molecule has 0 aromatic heterocycles. The number of carbonyl (C=O) groups excluding carboxylic acids is 1. The molecular weight excluding hydrogens is 358 g/mol. The van der Waals surface area contributed by atoms with Crippen LogP contribution in [0.5, 0.6) is 5.75 Å². The number of halogens is 1. The Kier molecular flexibility index (Phi) is 6.29. The predicted molar refractivity (Wildman–Crippen MR) is 110 cm³/mol. The lowest BCUT2D eigenvalue weighted by atomic mass is 10.1. The van der Waals surface area contributed by atoms with Crippen LogP contribution in [0.15, 0.2) is 85.1 Å². The first-order valence-electron chi connectivity index (χ1n) is 8.62. The maximum atomic E-state index is 12.5. The zero-order valence-electron chi connectivity index (χ0n) is 15.0. The number of benzene rings is 3. The van der Waals surface area contributed by atoms with Crippen molar-refractivity contribution >= 4 is 23.1 Å². The van der Waals surface area contributed by atoms with Crippen molar-refractivity contribution in [2.75, 3.05) is 5.32 Å². The molecule has 0 atom stereocenters. The number of ketones is 1. The standard InChI is InChI=1S/C23H20ClNO2/c1-17-6-12-20(13-7-17)25-15-14-22(26)21-4-2-3-5-23(21)27-16-18-8-10-19(24)11-9-18/h2-15,25H,16H2,1H3/b15-14+. The summed E-state index contributed by atoms with van der Waals surface area (Å²) < 4.78 is 5.84. The number of carbonyl (C=O) groups is 1. The quantitative estimate of drug-likeness (QED) is 0.403. The van der Waals surface area contributed by atoms with Gasteiger partial charge in [-0.25, -0.2) is 0 Å². The summed E-state index contributed by atoms with van der Waals surface area (Å²) in [6.07, 6.45) is 3.15. The summed E-state index contributed by atoms with van der Waals surface area (Å²) in [6.45, 7) is 2.40. The molecule has 0 aliphatic rings. The number of hydrogen-bond acceptors (Lipinski definition) is 3. The molecule has 0 unspecified atom stereocenters. The maximum Gasteiger partial charge on any atom is 0.191 e. The Morgan fingerprint density at radius 2 is 1.70 bits per heavy atom. The highest BCUT2D eigenvalue weighted by Crippen LogP contribution is 2.21. The molecule has 3 aromatic carbocycles. The van der Waals surface area contributed by atoms with Gasteiger partial charge in [0.25, 0.3) is 0 Å². The van der Waals surface area contributed by atoms with Crippen LogP contribution in [0.2, 0.25) is 5.02 Å². The number of anilines is 1. The van der Waals surface area contributed by atoms with Crippen LogP contribution >= 0.6 is 11.6 Å². The van der Waals surface area contributed by atoms with Crippen LogP contribution in [-0.2, 0) is 6.61 Å². The molecule has 0 saturated carbocycles. The highest BCUT2D eigenvalue weighted by molar-refractivity contribution is 6.30. The van der Waals surface area contributed by atoms with E-state index in [1.165, 1.54) is 11.6 Å². The Balaban J connectivity index is 1.65. The normalized spacial score (nSPS) is 10.7. The molecule has 3 rings (SSSR count). The molecule has 1 N–H and O–H groups in total. The van der Waals surface area contributed by atoms with Gasteiger partial charge in [-0.05, 0) is 48.9 Å². The van der Waals surface area contributed by atoms with E-state index in [1.807, 2.05) is 67.6 Å². The molecule has 0 amide bonds. The minimum absolute atomic E-state index is 0.124. The molecule has 0 aliphatic heterocycles. The summed E-state index contributed by atoms with van der Waals surface area (Å²) in [7, 11) is 0. The van der Waals surface area contributed by atoms with E-state index in [1.54, 1.807) is 18.3 Å². The van der Waals surface area contributed by atoms with Gasteiger partial charge in [0.05, 0.1) is 5.56 Å². The van der Waals surface area contributed by atoms with Crippen LogP contribution in [0.4, 0.5) is 5.69 Å². The first-order valence-corrected chi connectivity index (χ1v) is 9.00. The van der Waals surface area contributed by atoms with Gasteiger partial charge in [0.15, 0.2) is 5.78 Å². The van der Waals surface area contributed by atoms with E-state index in [0.717, 1.165) is 11.3 Å². The monoisotopic (exact) mass is 377 g/mol. The van der Waals surface area contributed by atoms with Crippen molar-refractivity contribution in [2.45, 2.75) is 13.5 Å². The third kappa shape index (κ3) is 5.47. The summed E-state index contributed by atoms with van der Waals surface area (Å²) in [5.74, 6) is 0.429. The van der Waals surface area contributed by atoms with Gasteiger partial charge >= 0.3 is 0 Å². The Hall–Kier alpha value is -3.04. The molecule has 136 valence electrons. The second-order valence-electron chi connectivity index (χ2n) is 6.12. The van der Waals surface area contributed by atoms with Crippen molar-refractivity contribution in [3.05, 3.63) is 107 Å². The van der Waals surface area contributed by atoms with Crippen LogP contribution < -0.4 is 10.1 Å². The summed E-state index contributed by atoms with van der Waals surface area (Å²) in [4.78, 5) is 12.5. The van der Waals surface area contributed by atoms with Crippen molar-refractivity contribution < 1.29 is 9.53 Å². The number of rotatable bonds is 7. The Labute approximate surface area is 164 Å². The molecule has 0 heterocycles. The highest BCUT2D eigenvalue weighted by atomic mass is 35.5. The molecule has 3 nitrogen and oxygen atoms in total. The van der Waals surface area contributed by atoms with Gasteiger partial charge in [-0.15, -0.1) is 0 Å². The lowest BCUT2D eigenvalue weighted by molar-refractivity contribution is 0.104. The van der Waals surface area contributed by atoms with E-state index in [9.17, 15) is 4.79 Å². The number of allylic oxidation sites excluding steroid dienone is 1. The summed E-state index contributed by atoms with van der Waals surface area (Å²) >= 11 is 5.90. The summed E-state index contributed by atoms with van der Waals surface area (Å²) in [6, 6.07) is 22.6. The molecule has 0 spiro atoms. The van der Waals surface area contributed by atoms with Crippen molar-refractivity contribution in [3.63, 3.8) is 0 Å². The van der Waals surface area contributed by atoms with Gasteiger partial charge in [-0.2, -0.15) is 0 Å². The fourth-order valence-corrected chi connectivity index (χ4v) is 2.62. The summed E-state index contributed by atoms with van der Waals surface area (Å²) in [5.41, 5.74) is 3.62. The molecule has 4 heteroatoms. The minimum Gasteiger partial charge on any atom is -0.488 e. The smallest absolute Gasteiger partial charge is 0.191 e. The van der Waals surface area contributed by atoms with Crippen molar-refractivity contribution in [1.29, 1.82) is 0 Å². The van der Waals surface area contributed by atoms with E-state index >= 15 is 0 Å². The Morgan fingerprint density at radius 1 is 1.00 bits per heavy atom. The first-order chi connectivity index (χ1) is 13.1. The van der Waals surface area contributed by atoms with Crippen molar-refractivity contribution in [2.24, 2.45) is 0 Å². The second kappa shape index (κ2) is 9.06. The van der Waals surface area contributed by atoms with Crippen LogP contribution in [0.25, 0.3) is 0 Å². The van der Waals surface area contributed by atoms with Crippen molar-refractivity contribution in [3.8, 4) is 5.75 Å². The van der Waals surface area contributed by atoms with Crippen LogP contribution in [-0.4, -0.2) is 5.78 Å². The number of aryl methyl sites for hydroxylation is 1. The second-order valence-corrected chi connectivity index (χ2v) is 6.56. The largest absolute Gasteiger partial charge is 0.488 e. The van der Waals surface area contributed by atoms with E-state index in [4.69, 9.17) is 16.3 Å². The lowest BCUT2D eigenvalue weighted by Crippen LogP contribution is -2.03. The molecule has 27 heavy (non-hydrogen) atoms. The SMILES string of the molecule is Cc1ccc(N/C=C/C(=O)c2ccccc2OCc2ccc(Cl)cc2)cc1. The molecule has 0 bridgehead atoms. The average molecular weight is 378 g/mol. The number of para-hydroxylation sites is 1. The number of hydrogen-bond donors (Lipinski definition) is 1. The first kappa shape index (κ1) is 18.7. The molecule has 0 radical (unpaired) electrons. The van der Waals surface area contributed by atoms with Crippen LogP contribution in [0.1, 0.15) is 21.5 Å². The predicted octanol–water partition coefficient (Wildman–Crippen LogP) is 6.04.